The lowest BCUT2D eigenvalue weighted by molar-refractivity contribution is 0.0592. The van der Waals surface area contributed by atoms with Crippen LogP contribution in [0.5, 0.6) is 17.2 Å². The lowest BCUT2D eigenvalue weighted by atomic mass is 10.0. The monoisotopic (exact) mass is 388 g/mol. The van der Waals surface area contributed by atoms with Crippen molar-refractivity contribution in [1.29, 1.82) is 0 Å². The van der Waals surface area contributed by atoms with Gasteiger partial charge in [-0.05, 0) is 47.5 Å². The molecular formula is C23H16O6. The van der Waals surface area contributed by atoms with Crippen LogP contribution in [0, 0.1) is 0 Å². The Morgan fingerprint density at radius 1 is 0.897 bits per heavy atom. The molecule has 0 atom stereocenters. The van der Waals surface area contributed by atoms with Gasteiger partial charge in [0.1, 0.15) is 22.8 Å². The Balaban J connectivity index is 1.70. The summed E-state index contributed by atoms with van der Waals surface area (Å²) in [6, 6.07) is 21.8. The highest BCUT2D eigenvalue weighted by molar-refractivity contribution is 5.99. The first-order valence-electron chi connectivity index (χ1n) is 8.78. The molecule has 6 nitrogen and oxygen atoms in total. The number of para-hydroxylation sites is 1. The molecule has 0 saturated carbocycles. The van der Waals surface area contributed by atoms with Gasteiger partial charge < -0.3 is 19.0 Å². The average molecular weight is 388 g/mol. The molecule has 0 aliphatic rings. The molecule has 0 amide bonds. The molecule has 144 valence electrons. The van der Waals surface area contributed by atoms with Crippen LogP contribution in [-0.2, 0) is 4.74 Å². The Labute approximate surface area is 165 Å². The predicted molar refractivity (Wildman–Crippen MR) is 107 cm³/mol. The number of methoxy groups -OCH3 is 1. The van der Waals surface area contributed by atoms with E-state index in [-0.39, 0.29) is 11.0 Å². The summed E-state index contributed by atoms with van der Waals surface area (Å²) in [7, 11) is 1.13. The van der Waals surface area contributed by atoms with E-state index >= 15 is 0 Å². The van der Waals surface area contributed by atoms with Crippen LogP contribution in [0.4, 0.5) is 0 Å². The third-order valence-electron chi connectivity index (χ3n) is 4.43. The van der Waals surface area contributed by atoms with Crippen molar-refractivity contribution in [3.8, 4) is 28.4 Å². The highest BCUT2D eigenvalue weighted by Crippen LogP contribution is 2.32. The summed E-state index contributed by atoms with van der Waals surface area (Å²) >= 11 is 0. The smallest absolute Gasteiger partial charge is 0.354 e. The van der Waals surface area contributed by atoms with Crippen molar-refractivity contribution in [3.05, 3.63) is 88.8 Å². The van der Waals surface area contributed by atoms with E-state index in [0.29, 0.717) is 5.75 Å². The van der Waals surface area contributed by atoms with Gasteiger partial charge in [-0.25, -0.2) is 9.59 Å². The van der Waals surface area contributed by atoms with Gasteiger partial charge in [-0.2, -0.15) is 0 Å². The van der Waals surface area contributed by atoms with Gasteiger partial charge in [-0.15, -0.1) is 0 Å². The van der Waals surface area contributed by atoms with Gasteiger partial charge in [0.2, 0.25) is 0 Å². The zero-order chi connectivity index (χ0) is 20.4. The maximum Gasteiger partial charge on any atom is 0.354 e. The zero-order valence-electron chi connectivity index (χ0n) is 15.4. The fraction of sp³-hybridized carbons (Fsp3) is 0.0435. The molecule has 1 heterocycles. The average Bonchev–Trinajstić information content (AvgIpc) is 2.75. The largest absolute Gasteiger partial charge is 0.506 e. The second-order valence-corrected chi connectivity index (χ2v) is 6.26. The van der Waals surface area contributed by atoms with Crippen molar-refractivity contribution in [2.75, 3.05) is 7.11 Å². The molecule has 29 heavy (non-hydrogen) atoms. The summed E-state index contributed by atoms with van der Waals surface area (Å²) < 4.78 is 15.5. The first kappa shape index (κ1) is 18.3. The predicted octanol–water partition coefficient (Wildman–Crippen LogP) is 4.74. The molecular weight excluding hydrogens is 372 g/mol. The first-order chi connectivity index (χ1) is 14.1. The van der Waals surface area contributed by atoms with Crippen LogP contribution < -0.4 is 10.4 Å². The second-order valence-electron chi connectivity index (χ2n) is 6.26. The minimum absolute atomic E-state index is 0.174. The molecule has 0 spiro atoms. The molecule has 4 aromatic rings. The third-order valence-corrected chi connectivity index (χ3v) is 4.43. The Hall–Kier alpha value is -4.06. The fourth-order valence-electron chi connectivity index (χ4n) is 2.99. The molecule has 1 aromatic heterocycles. The van der Waals surface area contributed by atoms with Crippen LogP contribution in [0.25, 0.3) is 22.1 Å². The number of hydrogen-bond donors (Lipinski definition) is 1. The number of hydrogen-bond acceptors (Lipinski definition) is 6. The number of ether oxygens (including phenoxy) is 2. The van der Waals surface area contributed by atoms with E-state index in [0.717, 1.165) is 24.0 Å². The van der Waals surface area contributed by atoms with Crippen LogP contribution in [0.2, 0.25) is 0 Å². The van der Waals surface area contributed by atoms with Crippen LogP contribution in [0.15, 0.2) is 82.0 Å². The van der Waals surface area contributed by atoms with Crippen molar-refractivity contribution in [1.82, 2.24) is 0 Å². The molecule has 6 heteroatoms. The van der Waals surface area contributed by atoms with Gasteiger partial charge in [0, 0.05) is 0 Å². The molecule has 0 aliphatic heterocycles. The van der Waals surface area contributed by atoms with Crippen molar-refractivity contribution in [2.45, 2.75) is 0 Å². The normalized spacial score (nSPS) is 10.7. The van der Waals surface area contributed by atoms with Gasteiger partial charge >= 0.3 is 11.6 Å². The van der Waals surface area contributed by atoms with E-state index in [1.807, 2.05) is 54.6 Å². The molecule has 0 fully saturated rings. The van der Waals surface area contributed by atoms with Crippen molar-refractivity contribution >= 4 is 16.9 Å². The highest BCUT2D eigenvalue weighted by atomic mass is 16.5. The number of aromatic hydroxyl groups is 1. The van der Waals surface area contributed by atoms with E-state index < -0.39 is 22.9 Å². The lowest BCUT2D eigenvalue weighted by Gasteiger charge is -2.09. The second kappa shape index (κ2) is 7.52. The van der Waals surface area contributed by atoms with E-state index in [1.165, 1.54) is 0 Å². The molecule has 0 saturated heterocycles. The summed E-state index contributed by atoms with van der Waals surface area (Å²) in [6.07, 6.45) is 0. The highest BCUT2D eigenvalue weighted by Gasteiger charge is 2.21. The Morgan fingerprint density at radius 3 is 2.24 bits per heavy atom. The van der Waals surface area contributed by atoms with Crippen LogP contribution in [-0.4, -0.2) is 18.2 Å². The molecule has 0 bridgehead atoms. The molecule has 4 rings (SSSR count). The number of fused-ring (bicyclic) bond motifs is 1. The van der Waals surface area contributed by atoms with E-state index in [9.17, 15) is 14.7 Å². The van der Waals surface area contributed by atoms with Crippen LogP contribution in [0.3, 0.4) is 0 Å². The number of rotatable bonds is 4. The van der Waals surface area contributed by atoms with Gasteiger partial charge in [-0.3, -0.25) is 0 Å². The molecule has 0 radical (unpaired) electrons. The Morgan fingerprint density at radius 2 is 1.55 bits per heavy atom. The van der Waals surface area contributed by atoms with Crippen molar-refractivity contribution in [2.24, 2.45) is 0 Å². The number of esters is 1. The SMILES string of the molecule is COC(=O)c1c(O)c2cc(-c3ccc(Oc4ccccc4)cc3)ccc2oc1=O. The molecule has 3 aromatic carbocycles. The van der Waals surface area contributed by atoms with Gasteiger partial charge in [-0.1, -0.05) is 36.4 Å². The summed E-state index contributed by atoms with van der Waals surface area (Å²) in [4.78, 5) is 23.7. The molecule has 0 aliphatic carbocycles. The third kappa shape index (κ3) is 3.55. The lowest BCUT2D eigenvalue weighted by Crippen LogP contribution is -2.15. The summed E-state index contributed by atoms with van der Waals surface area (Å²) in [5.74, 6) is 0.00348. The van der Waals surface area contributed by atoms with E-state index in [2.05, 4.69) is 4.74 Å². The Bertz CT molecular complexity index is 1240. The first-order valence-corrected chi connectivity index (χ1v) is 8.78. The van der Waals surface area contributed by atoms with Gasteiger partial charge in [0.25, 0.3) is 0 Å². The van der Waals surface area contributed by atoms with Gasteiger partial charge in [0.15, 0.2) is 5.56 Å². The van der Waals surface area contributed by atoms with Crippen molar-refractivity contribution in [3.63, 3.8) is 0 Å². The maximum absolute atomic E-state index is 12.0. The standard InChI is InChI=1S/C23H16O6/c1-27-22(25)20-21(24)18-13-15(9-12-19(18)29-23(20)26)14-7-10-17(11-8-14)28-16-5-3-2-4-6-16/h2-13,24H,1H3. The number of carbonyl (C=O) groups excluding carboxylic acids is 1. The summed E-state index contributed by atoms with van der Waals surface area (Å²) in [5.41, 5.74) is 0.329. The summed E-state index contributed by atoms with van der Waals surface area (Å²) in [5, 5.41) is 10.7. The van der Waals surface area contributed by atoms with Gasteiger partial charge in [0.05, 0.1) is 12.5 Å². The maximum atomic E-state index is 12.0. The number of benzene rings is 3. The minimum atomic E-state index is -0.953. The zero-order valence-corrected chi connectivity index (χ0v) is 15.4. The Kier molecular flexibility index (Phi) is 4.75. The van der Waals surface area contributed by atoms with E-state index in [1.54, 1.807) is 18.2 Å². The fourth-order valence-corrected chi connectivity index (χ4v) is 2.99. The minimum Gasteiger partial charge on any atom is -0.506 e. The number of carbonyl (C=O) groups is 1. The van der Waals surface area contributed by atoms with Crippen LogP contribution in [0.1, 0.15) is 10.4 Å². The summed E-state index contributed by atoms with van der Waals surface area (Å²) in [6.45, 7) is 0. The van der Waals surface area contributed by atoms with Crippen molar-refractivity contribution < 1.29 is 23.8 Å². The molecule has 0 unspecified atom stereocenters. The quantitative estimate of drug-likeness (QED) is 0.401. The molecule has 1 N–H and O–H groups in total. The topological polar surface area (TPSA) is 86.0 Å². The van der Waals surface area contributed by atoms with Crippen LogP contribution >= 0.6 is 0 Å². The van der Waals surface area contributed by atoms with E-state index in [4.69, 9.17) is 9.15 Å².